The van der Waals surface area contributed by atoms with Crippen molar-refractivity contribution in [1.82, 2.24) is 4.98 Å². The molecule has 0 aliphatic rings. The zero-order valence-corrected chi connectivity index (χ0v) is 11.4. The van der Waals surface area contributed by atoms with E-state index in [1.54, 1.807) is 11.3 Å². The Labute approximate surface area is 108 Å². The highest BCUT2D eigenvalue weighted by atomic mass is 32.2. The van der Waals surface area contributed by atoms with E-state index in [4.69, 9.17) is 5.73 Å². The van der Waals surface area contributed by atoms with Gasteiger partial charge in [-0.05, 0) is 24.6 Å². The van der Waals surface area contributed by atoms with E-state index in [1.165, 1.54) is 0 Å². The first kappa shape index (κ1) is 12.7. The molecule has 2 atom stereocenters. The highest BCUT2D eigenvalue weighted by Gasteiger charge is 2.10. The van der Waals surface area contributed by atoms with Crippen LogP contribution in [0, 0.1) is 5.92 Å². The SMILES string of the molecule is CC(CN)CS(=O)Cc1nc2ccccc2s1. The number of nitrogens with two attached hydrogens (primary N) is 1. The monoisotopic (exact) mass is 268 g/mol. The van der Waals surface area contributed by atoms with Gasteiger partial charge in [0.2, 0.25) is 0 Å². The molecule has 0 spiro atoms. The van der Waals surface area contributed by atoms with E-state index >= 15 is 0 Å². The lowest BCUT2D eigenvalue weighted by molar-refractivity contribution is 0.640. The topological polar surface area (TPSA) is 56.0 Å². The molecule has 0 amide bonds. The lowest BCUT2D eigenvalue weighted by Gasteiger charge is -2.06. The number of aromatic nitrogens is 1. The van der Waals surface area contributed by atoms with Crippen LogP contribution in [0.5, 0.6) is 0 Å². The molecule has 2 N–H and O–H groups in total. The maximum Gasteiger partial charge on any atom is 0.106 e. The Bertz CT molecular complexity index is 491. The molecule has 3 nitrogen and oxygen atoms in total. The maximum atomic E-state index is 11.9. The third-order valence-electron chi connectivity index (χ3n) is 2.50. The second-order valence-electron chi connectivity index (χ2n) is 4.17. The normalized spacial score (nSPS) is 14.9. The molecular formula is C12H16N2OS2. The Morgan fingerprint density at radius 1 is 1.47 bits per heavy atom. The fourth-order valence-corrected chi connectivity index (χ4v) is 4.19. The molecule has 2 rings (SSSR count). The lowest BCUT2D eigenvalue weighted by atomic mass is 10.2. The van der Waals surface area contributed by atoms with E-state index in [0.29, 0.717) is 24.0 Å². The standard InChI is InChI=1S/C12H16N2OS2/c1-9(6-13)7-17(15)8-12-14-10-4-2-3-5-11(10)16-12/h2-5,9H,6-8,13H2,1H3. The minimum atomic E-state index is -0.860. The molecule has 17 heavy (non-hydrogen) atoms. The maximum absolute atomic E-state index is 11.9. The summed E-state index contributed by atoms with van der Waals surface area (Å²) in [5.41, 5.74) is 6.52. The molecule has 2 aromatic rings. The van der Waals surface area contributed by atoms with Crippen LogP contribution < -0.4 is 5.73 Å². The first-order valence-electron chi connectivity index (χ1n) is 5.58. The Morgan fingerprint density at radius 2 is 2.24 bits per heavy atom. The van der Waals surface area contributed by atoms with Crippen molar-refractivity contribution in [3.8, 4) is 0 Å². The number of thiazole rings is 1. The molecule has 1 aromatic heterocycles. The van der Waals surface area contributed by atoms with Gasteiger partial charge in [-0.25, -0.2) is 4.98 Å². The molecule has 0 fully saturated rings. The summed E-state index contributed by atoms with van der Waals surface area (Å²) in [7, 11) is -0.860. The van der Waals surface area contributed by atoms with Gasteiger partial charge < -0.3 is 5.73 Å². The van der Waals surface area contributed by atoms with Crippen LogP contribution in [-0.2, 0) is 16.6 Å². The van der Waals surface area contributed by atoms with Crippen molar-refractivity contribution in [2.45, 2.75) is 12.7 Å². The van der Waals surface area contributed by atoms with E-state index in [2.05, 4.69) is 4.98 Å². The predicted molar refractivity (Wildman–Crippen MR) is 74.6 cm³/mol. The fourth-order valence-electron chi connectivity index (χ4n) is 1.56. The van der Waals surface area contributed by atoms with Crippen LogP contribution in [0.2, 0.25) is 0 Å². The van der Waals surface area contributed by atoms with Crippen LogP contribution in [0.25, 0.3) is 10.2 Å². The first-order valence-corrected chi connectivity index (χ1v) is 7.89. The number of para-hydroxylation sites is 1. The number of fused-ring (bicyclic) bond motifs is 1. The van der Waals surface area contributed by atoms with E-state index in [0.717, 1.165) is 15.2 Å². The summed E-state index contributed by atoms with van der Waals surface area (Å²) >= 11 is 1.62. The second-order valence-corrected chi connectivity index (χ2v) is 6.78. The van der Waals surface area contributed by atoms with Gasteiger partial charge in [0.25, 0.3) is 0 Å². The van der Waals surface area contributed by atoms with Crippen molar-refractivity contribution in [1.29, 1.82) is 0 Å². The molecular weight excluding hydrogens is 252 g/mol. The van der Waals surface area contributed by atoms with Crippen molar-refractivity contribution >= 4 is 32.4 Å². The number of benzene rings is 1. The van der Waals surface area contributed by atoms with Gasteiger partial charge in [0.1, 0.15) is 5.01 Å². The van der Waals surface area contributed by atoms with E-state index < -0.39 is 10.8 Å². The smallest absolute Gasteiger partial charge is 0.106 e. The summed E-state index contributed by atoms with van der Waals surface area (Å²) < 4.78 is 13.0. The second kappa shape index (κ2) is 5.71. The van der Waals surface area contributed by atoms with E-state index in [9.17, 15) is 4.21 Å². The number of rotatable bonds is 5. The lowest BCUT2D eigenvalue weighted by Crippen LogP contribution is -2.18. The predicted octanol–water partition coefficient (Wildman–Crippen LogP) is 2.14. The Kier molecular flexibility index (Phi) is 4.25. The van der Waals surface area contributed by atoms with Crippen LogP contribution in [0.3, 0.4) is 0 Å². The Balaban J connectivity index is 2.05. The molecule has 0 radical (unpaired) electrons. The van der Waals surface area contributed by atoms with Crippen molar-refractivity contribution in [2.75, 3.05) is 12.3 Å². The van der Waals surface area contributed by atoms with Crippen molar-refractivity contribution < 1.29 is 4.21 Å². The van der Waals surface area contributed by atoms with E-state index in [1.807, 2.05) is 31.2 Å². The van der Waals surface area contributed by atoms with Gasteiger partial charge in [-0.3, -0.25) is 4.21 Å². The molecule has 0 saturated heterocycles. The first-order chi connectivity index (χ1) is 8.19. The quantitative estimate of drug-likeness (QED) is 0.904. The molecule has 92 valence electrons. The molecule has 0 aliphatic heterocycles. The molecule has 2 unspecified atom stereocenters. The van der Waals surface area contributed by atoms with Crippen LogP contribution in [0.15, 0.2) is 24.3 Å². The largest absolute Gasteiger partial charge is 0.330 e. The number of nitrogens with zero attached hydrogens (tertiary/aromatic N) is 1. The summed E-state index contributed by atoms with van der Waals surface area (Å²) in [6.07, 6.45) is 0. The van der Waals surface area contributed by atoms with Crippen LogP contribution >= 0.6 is 11.3 Å². The molecule has 0 aliphatic carbocycles. The summed E-state index contributed by atoms with van der Waals surface area (Å²) in [6.45, 7) is 2.61. The highest BCUT2D eigenvalue weighted by Crippen LogP contribution is 2.22. The van der Waals surface area contributed by atoms with Gasteiger partial charge in [0, 0.05) is 16.6 Å². The van der Waals surface area contributed by atoms with Gasteiger partial charge in [0.15, 0.2) is 0 Å². The third-order valence-corrected chi connectivity index (χ3v) is 5.25. The van der Waals surface area contributed by atoms with Gasteiger partial charge in [0.05, 0.1) is 16.0 Å². The Morgan fingerprint density at radius 3 is 2.94 bits per heavy atom. The van der Waals surface area contributed by atoms with Crippen LogP contribution in [0.1, 0.15) is 11.9 Å². The van der Waals surface area contributed by atoms with Gasteiger partial charge in [-0.15, -0.1) is 11.3 Å². The average molecular weight is 268 g/mol. The summed E-state index contributed by atoms with van der Waals surface area (Å²) in [5, 5.41) is 0.953. The third kappa shape index (κ3) is 3.34. The Hall–Kier alpha value is -0.780. The van der Waals surface area contributed by atoms with Gasteiger partial charge in [-0.2, -0.15) is 0 Å². The van der Waals surface area contributed by atoms with Crippen LogP contribution in [0.4, 0.5) is 0 Å². The van der Waals surface area contributed by atoms with E-state index in [-0.39, 0.29) is 0 Å². The molecule has 0 bridgehead atoms. The molecule has 0 saturated carbocycles. The summed E-state index contributed by atoms with van der Waals surface area (Å²) in [5.74, 6) is 1.51. The zero-order chi connectivity index (χ0) is 12.3. The van der Waals surface area contributed by atoms with Crippen molar-refractivity contribution in [3.05, 3.63) is 29.3 Å². The number of hydrogen-bond acceptors (Lipinski definition) is 4. The average Bonchev–Trinajstić information content (AvgIpc) is 2.70. The molecule has 5 heteroatoms. The molecule has 1 aromatic carbocycles. The van der Waals surface area contributed by atoms with Gasteiger partial charge in [-0.1, -0.05) is 19.1 Å². The minimum absolute atomic E-state index is 0.310. The zero-order valence-electron chi connectivity index (χ0n) is 9.76. The summed E-state index contributed by atoms with van der Waals surface area (Å²) in [4.78, 5) is 4.48. The number of hydrogen-bond donors (Lipinski definition) is 1. The summed E-state index contributed by atoms with van der Waals surface area (Å²) in [6, 6.07) is 8.00. The molecule has 1 heterocycles. The van der Waals surface area contributed by atoms with Crippen LogP contribution in [-0.4, -0.2) is 21.5 Å². The highest BCUT2D eigenvalue weighted by molar-refractivity contribution is 7.84. The fraction of sp³-hybridized carbons (Fsp3) is 0.417. The van der Waals surface area contributed by atoms with Crippen molar-refractivity contribution in [2.24, 2.45) is 11.7 Å². The minimum Gasteiger partial charge on any atom is -0.330 e. The van der Waals surface area contributed by atoms with Gasteiger partial charge >= 0.3 is 0 Å². The van der Waals surface area contributed by atoms with Crippen molar-refractivity contribution in [3.63, 3.8) is 0 Å².